The third kappa shape index (κ3) is 2.33. The van der Waals surface area contributed by atoms with E-state index in [2.05, 4.69) is 31.4 Å². The van der Waals surface area contributed by atoms with Crippen LogP contribution in [0.2, 0.25) is 0 Å². The molecule has 0 saturated heterocycles. The first kappa shape index (κ1) is 12.5. The Kier molecular flexibility index (Phi) is 3.58. The molecule has 7 heteroatoms. The molecule has 0 bridgehead atoms. The first-order valence-corrected chi connectivity index (χ1v) is 5.87. The molecule has 0 saturated carbocycles. The van der Waals surface area contributed by atoms with Crippen LogP contribution in [0.25, 0.3) is 0 Å². The summed E-state index contributed by atoms with van der Waals surface area (Å²) in [5.74, 6) is 0.200. The van der Waals surface area contributed by atoms with E-state index < -0.39 is 5.82 Å². The Morgan fingerprint density at radius 3 is 2.94 bits per heavy atom. The Bertz CT molecular complexity index is 616. The molecule has 92 valence electrons. The number of nitriles is 1. The Labute approximate surface area is 111 Å². The van der Waals surface area contributed by atoms with Gasteiger partial charge in [-0.25, -0.2) is 4.39 Å². The van der Waals surface area contributed by atoms with Gasteiger partial charge >= 0.3 is 0 Å². The zero-order valence-electron chi connectivity index (χ0n) is 9.48. The van der Waals surface area contributed by atoms with Crippen molar-refractivity contribution in [2.45, 2.75) is 6.54 Å². The van der Waals surface area contributed by atoms with Crippen molar-refractivity contribution in [2.75, 3.05) is 5.32 Å². The maximum Gasteiger partial charge on any atom is 0.161 e. The average Bonchev–Trinajstić information content (AvgIpc) is 2.77. The van der Waals surface area contributed by atoms with Crippen LogP contribution in [0, 0.1) is 17.1 Å². The van der Waals surface area contributed by atoms with Crippen molar-refractivity contribution in [3.05, 3.63) is 40.1 Å². The molecule has 0 aliphatic heterocycles. The minimum atomic E-state index is -0.490. The molecule has 18 heavy (non-hydrogen) atoms. The molecule has 0 fully saturated rings. The lowest BCUT2D eigenvalue weighted by atomic mass is 10.2. The van der Waals surface area contributed by atoms with Gasteiger partial charge in [-0.1, -0.05) is 0 Å². The average molecular weight is 310 g/mol. The molecule has 0 unspecified atom stereocenters. The van der Waals surface area contributed by atoms with Gasteiger partial charge in [0.1, 0.15) is 12.4 Å². The molecule has 0 aliphatic carbocycles. The van der Waals surface area contributed by atoms with Crippen LogP contribution in [0.15, 0.2) is 22.9 Å². The monoisotopic (exact) mass is 309 g/mol. The highest BCUT2D eigenvalue weighted by molar-refractivity contribution is 9.10. The largest absolute Gasteiger partial charge is 0.375 e. The Morgan fingerprint density at radius 2 is 2.33 bits per heavy atom. The molecule has 0 aliphatic rings. The van der Waals surface area contributed by atoms with E-state index in [0.717, 1.165) is 0 Å². The van der Waals surface area contributed by atoms with Gasteiger partial charge in [-0.2, -0.15) is 5.26 Å². The number of halogens is 2. The van der Waals surface area contributed by atoms with Crippen molar-refractivity contribution < 1.29 is 4.39 Å². The summed E-state index contributed by atoms with van der Waals surface area (Å²) in [4.78, 5) is 0. The van der Waals surface area contributed by atoms with Gasteiger partial charge in [-0.15, -0.1) is 10.2 Å². The van der Waals surface area contributed by atoms with Gasteiger partial charge in [0.05, 0.1) is 22.3 Å². The second-order valence-electron chi connectivity index (χ2n) is 3.61. The number of nitrogens with one attached hydrogen (secondary N) is 1. The van der Waals surface area contributed by atoms with Crippen molar-refractivity contribution in [1.29, 1.82) is 5.26 Å². The van der Waals surface area contributed by atoms with Crippen LogP contribution in [0.4, 0.5) is 10.1 Å². The van der Waals surface area contributed by atoms with Crippen LogP contribution in [0.1, 0.15) is 11.4 Å². The zero-order valence-corrected chi connectivity index (χ0v) is 11.1. The van der Waals surface area contributed by atoms with E-state index in [0.29, 0.717) is 18.1 Å². The second kappa shape index (κ2) is 5.14. The minimum Gasteiger partial charge on any atom is -0.375 e. The van der Waals surface area contributed by atoms with Crippen molar-refractivity contribution >= 4 is 21.6 Å². The van der Waals surface area contributed by atoms with Crippen LogP contribution in [0.3, 0.4) is 0 Å². The summed E-state index contributed by atoms with van der Waals surface area (Å²) < 4.78 is 15.8. The van der Waals surface area contributed by atoms with E-state index >= 15 is 0 Å². The highest BCUT2D eigenvalue weighted by atomic mass is 79.9. The summed E-state index contributed by atoms with van der Waals surface area (Å²) in [5, 5.41) is 19.3. The summed E-state index contributed by atoms with van der Waals surface area (Å²) in [6, 6.07) is 4.97. The van der Waals surface area contributed by atoms with Crippen LogP contribution >= 0.6 is 15.9 Å². The number of nitrogens with zero attached hydrogens (tertiary/aromatic N) is 4. The first-order valence-electron chi connectivity index (χ1n) is 5.08. The molecule has 0 radical (unpaired) electrons. The van der Waals surface area contributed by atoms with E-state index in [9.17, 15) is 4.39 Å². The fraction of sp³-hybridized carbons (Fsp3) is 0.182. The van der Waals surface area contributed by atoms with E-state index in [1.165, 1.54) is 6.07 Å². The molecule has 1 heterocycles. The topological polar surface area (TPSA) is 66.5 Å². The number of rotatable bonds is 3. The number of aryl methyl sites for hydroxylation is 1. The lowest BCUT2D eigenvalue weighted by Crippen LogP contribution is -2.07. The summed E-state index contributed by atoms with van der Waals surface area (Å²) in [6.45, 7) is 0.353. The van der Waals surface area contributed by atoms with E-state index in [4.69, 9.17) is 5.26 Å². The molecule has 1 N–H and O–H groups in total. The van der Waals surface area contributed by atoms with E-state index in [1.807, 2.05) is 13.1 Å². The highest BCUT2D eigenvalue weighted by Crippen LogP contribution is 2.26. The molecule has 1 aromatic heterocycles. The zero-order chi connectivity index (χ0) is 13.1. The van der Waals surface area contributed by atoms with Crippen LogP contribution in [-0.2, 0) is 13.6 Å². The number of benzene rings is 1. The molecular weight excluding hydrogens is 301 g/mol. The maximum atomic E-state index is 13.9. The SMILES string of the molecule is Cn1cnnc1CNc1ccc(C#N)c(Br)c1F. The molecule has 2 aromatic rings. The predicted molar refractivity (Wildman–Crippen MR) is 67.1 cm³/mol. The summed E-state index contributed by atoms with van der Waals surface area (Å²) in [6.07, 6.45) is 1.57. The van der Waals surface area contributed by atoms with E-state index in [-0.39, 0.29) is 10.0 Å². The van der Waals surface area contributed by atoms with Crippen molar-refractivity contribution in [1.82, 2.24) is 14.8 Å². The number of hydrogen-bond donors (Lipinski definition) is 1. The number of aromatic nitrogens is 3. The van der Waals surface area contributed by atoms with Crippen LogP contribution in [0.5, 0.6) is 0 Å². The summed E-state index contributed by atoms with van der Waals surface area (Å²) >= 11 is 3.05. The third-order valence-electron chi connectivity index (χ3n) is 2.44. The molecule has 1 aromatic carbocycles. The molecular formula is C11H9BrFN5. The first-order chi connectivity index (χ1) is 8.63. The third-order valence-corrected chi connectivity index (χ3v) is 3.22. The smallest absolute Gasteiger partial charge is 0.161 e. The normalized spacial score (nSPS) is 10.1. The molecule has 0 amide bonds. The number of anilines is 1. The van der Waals surface area contributed by atoms with Crippen molar-refractivity contribution in [2.24, 2.45) is 7.05 Å². The standard InChI is InChI=1S/C11H9BrFN5/c1-18-6-16-17-9(18)5-15-8-3-2-7(4-14)10(12)11(8)13/h2-3,6,15H,5H2,1H3. The Hall–Kier alpha value is -1.94. The van der Waals surface area contributed by atoms with Gasteiger partial charge in [-0.3, -0.25) is 0 Å². The van der Waals surface area contributed by atoms with Gasteiger partial charge in [-0.05, 0) is 28.1 Å². The number of hydrogen-bond acceptors (Lipinski definition) is 4. The van der Waals surface area contributed by atoms with E-state index in [1.54, 1.807) is 17.0 Å². The summed E-state index contributed by atoms with van der Waals surface area (Å²) in [7, 11) is 1.81. The van der Waals surface area contributed by atoms with Crippen LogP contribution < -0.4 is 5.32 Å². The Morgan fingerprint density at radius 1 is 1.56 bits per heavy atom. The molecule has 5 nitrogen and oxygen atoms in total. The van der Waals surface area contributed by atoms with Gasteiger partial charge < -0.3 is 9.88 Å². The second-order valence-corrected chi connectivity index (χ2v) is 4.41. The van der Waals surface area contributed by atoms with Crippen molar-refractivity contribution in [3.8, 4) is 6.07 Å². The van der Waals surface area contributed by atoms with Gasteiger partial charge in [0.15, 0.2) is 11.6 Å². The Balaban J connectivity index is 2.19. The summed E-state index contributed by atoms with van der Waals surface area (Å²) in [5.41, 5.74) is 0.570. The lowest BCUT2D eigenvalue weighted by molar-refractivity contribution is 0.622. The fourth-order valence-corrected chi connectivity index (χ4v) is 1.85. The van der Waals surface area contributed by atoms with Gasteiger partial charge in [0.25, 0.3) is 0 Å². The lowest BCUT2D eigenvalue weighted by Gasteiger charge is -2.08. The molecule has 2 rings (SSSR count). The van der Waals surface area contributed by atoms with Gasteiger partial charge in [0, 0.05) is 7.05 Å². The maximum absolute atomic E-state index is 13.9. The molecule has 0 spiro atoms. The molecule has 0 atom stereocenters. The predicted octanol–water partition coefficient (Wildman–Crippen LogP) is 2.20. The van der Waals surface area contributed by atoms with Crippen molar-refractivity contribution in [3.63, 3.8) is 0 Å². The van der Waals surface area contributed by atoms with Gasteiger partial charge in [0.2, 0.25) is 0 Å². The minimum absolute atomic E-state index is 0.160. The quantitative estimate of drug-likeness (QED) is 0.944. The fourth-order valence-electron chi connectivity index (χ4n) is 1.41. The van der Waals surface area contributed by atoms with Crippen LogP contribution in [-0.4, -0.2) is 14.8 Å². The highest BCUT2D eigenvalue weighted by Gasteiger charge is 2.11.